The molecule has 2 aliphatic rings. The summed E-state index contributed by atoms with van der Waals surface area (Å²) in [5.74, 6) is -0.529. The standard InChI is InChI=1S/C23H24N2O3/c1-15-10-12-25(13-11-15)23(24-22(28)17-7-5-6-16(2)14-17)20(26)18-8-3-4-9-19(18)21(23)27/h3-9,14-15H,10-13H2,1-2H3,(H,24,28). The Balaban J connectivity index is 1.76. The summed E-state index contributed by atoms with van der Waals surface area (Å²) in [5.41, 5.74) is 0.512. The van der Waals surface area contributed by atoms with Gasteiger partial charge in [-0.25, -0.2) is 0 Å². The number of piperidine rings is 1. The SMILES string of the molecule is Cc1cccc(C(=O)NC2(N3CCC(C)CC3)C(=O)c3ccccc3C2=O)c1. The molecule has 5 nitrogen and oxygen atoms in total. The summed E-state index contributed by atoms with van der Waals surface area (Å²) < 4.78 is 0. The average molecular weight is 376 g/mol. The third-order valence-corrected chi connectivity index (χ3v) is 5.91. The highest BCUT2D eigenvalue weighted by atomic mass is 16.2. The lowest BCUT2D eigenvalue weighted by molar-refractivity contribution is 0.0260. The maximum Gasteiger partial charge on any atom is 0.253 e. The molecule has 1 saturated heterocycles. The number of carbonyl (C=O) groups is 3. The molecule has 1 fully saturated rings. The second kappa shape index (κ2) is 6.99. The zero-order chi connectivity index (χ0) is 19.9. The van der Waals surface area contributed by atoms with Gasteiger partial charge in [-0.3, -0.25) is 19.3 Å². The maximum atomic E-state index is 13.5. The van der Waals surface area contributed by atoms with Crippen molar-refractivity contribution in [3.05, 3.63) is 70.8 Å². The van der Waals surface area contributed by atoms with E-state index in [9.17, 15) is 14.4 Å². The van der Waals surface area contributed by atoms with E-state index in [4.69, 9.17) is 0 Å². The van der Waals surface area contributed by atoms with E-state index in [1.54, 1.807) is 42.5 Å². The first-order valence-electron chi connectivity index (χ1n) is 9.76. The van der Waals surface area contributed by atoms with Gasteiger partial charge in [0.15, 0.2) is 0 Å². The molecule has 1 heterocycles. The number of hydrogen-bond donors (Lipinski definition) is 1. The highest BCUT2D eigenvalue weighted by Gasteiger charge is 2.58. The van der Waals surface area contributed by atoms with Crippen molar-refractivity contribution in [2.75, 3.05) is 13.1 Å². The van der Waals surface area contributed by atoms with Crippen LogP contribution in [0.4, 0.5) is 0 Å². The molecule has 0 bridgehead atoms. The minimum atomic E-state index is -1.65. The van der Waals surface area contributed by atoms with Gasteiger partial charge in [-0.1, -0.05) is 48.9 Å². The van der Waals surface area contributed by atoms with Gasteiger partial charge in [0.2, 0.25) is 17.2 Å². The fraction of sp³-hybridized carbons (Fsp3) is 0.348. The molecule has 1 amide bonds. The Hall–Kier alpha value is -2.79. The fourth-order valence-electron chi connectivity index (χ4n) is 4.22. The van der Waals surface area contributed by atoms with Crippen LogP contribution in [0.25, 0.3) is 0 Å². The number of aryl methyl sites for hydroxylation is 1. The summed E-state index contributed by atoms with van der Waals surface area (Å²) in [6.07, 6.45) is 1.78. The molecule has 0 unspecified atom stereocenters. The van der Waals surface area contributed by atoms with Crippen LogP contribution in [0, 0.1) is 12.8 Å². The smallest absolute Gasteiger partial charge is 0.253 e. The Kier molecular flexibility index (Phi) is 4.63. The summed E-state index contributed by atoms with van der Waals surface area (Å²) in [5, 5.41) is 2.85. The number of hydrogen-bond acceptors (Lipinski definition) is 4. The molecule has 4 rings (SSSR count). The Bertz CT molecular complexity index is 923. The lowest BCUT2D eigenvalue weighted by Crippen LogP contribution is -2.68. The van der Waals surface area contributed by atoms with E-state index in [1.807, 2.05) is 17.9 Å². The second-order valence-corrected chi connectivity index (χ2v) is 7.91. The van der Waals surface area contributed by atoms with E-state index in [2.05, 4.69) is 12.2 Å². The minimum Gasteiger partial charge on any atom is -0.320 e. The van der Waals surface area contributed by atoms with E-state index in [0.29, 0.717) is 35.7 Å². The van der Waals surface area contributed by atoms with Gasteiger partial charge < -0.3 is 5.32 Å². The quantitative estimate of drug-likeness (QED) is 0.836. The third kappa shape index (κ3) is 2.87. The Morgan fingerprint density at radius 2 is 1.61 bits per heavy atom. The van der Waals surface area contributed by atoms with Gasteiger partial charge in [-0.2, -0.15) is 0 Å². The van der Waals surface area contributed by atoms with Crippen molar-refractivity contribution in [2.24, 2.45) is 5.92 Å². The molecule has 1 aliphatic heterocycles. The number of rotatable bonds is 3. The van der Waals surface area contributed by atoms with Crippen LogP contribution in [-0.2, 0) is 0 Å². The van der Waals surface area contributed by atoms with Crippen LogP contribution in [-0.4, -0.2) is 41.1 Å². The van der Waals surface area contributed by atoms with Crippen molar-refractivity contribution >= 4 is 17.5 Å². The van der Waals surface area contributed by atoms with Crippen molar-refractivity contribution < 1.29 is 14.4 Å². The molecule has 0 aromatic heterocycles. The van der Waals surface area contributed by atoms with Crippen molar-refractivity contribution in [1.82, 2.24) is 10.2 Å². The molecule has 2 aromatic carbocycles. The maximum absolute atomic E-state index is 13.5. The topological polar surface area (TPSA) is 66.5 Å². The number of nitrogens with zero attached hydrogens (tertiary/aromatic N) is 1. The molecule has 5 heteroatoms. The van der Waals surface area contributed by atoms with Gasteiger partial charge in [-0.15, -0.1) is 0 Å². The first-order valence-corrected chi connectivity index (χ1v) is 9.76. The lowest BCUT2D eigenvalue weighted by Gasteiger charge is -2.42. The van der Waals surface area contributed by atoms with Gasteiger partial charge in [-0.05, 0) is 37.8 Å². The van der Waals surface area contributed by atoms with Gasteiger partial charge >= 0.3 is 0 Å². The molecule has 1 N–H and O–H groups in total. The minimum absolute atomic E-state index is 0.330. The largest absolute Gasteiger partial charge is 0.320 e. The Morgan fingerprint density at radius 3 is 2.18 bits per heavy atom. The fourth-order valence-corrected chi connectivity index (χ4v) is 4.22. The average Bonchev–Trinajstić information content (AvgIpc) is 2.91. The van der Waals surface area contributed by atoms with Crippen LogP contribution in [0.15, 0.2) is 48.5 Å². The van der Waals surface area contributed by atoms with Crippen molar-refractivity contribution in [3.63, 3.8) is 0 Å². The summed E-state index contributed by atoms with van der Waals surface area (Å²) >= 11 is 0. The number of fused-ring (bicyclic) bond motifs is 1. The third-order valence-electron chi connectivity index (χ3n) is 5.91. The molecule has 0 saturated carbocycles. The molecule has 144 valence electrons. The summed E-state index contributed by atoms with van der Waals surface area (Å²) in [6, 6.07) is 14.0. The number of carbonyl (C=O) groups excluding carboxylic acids is 3. The van der Waals surface area contributed by atoms with E-state index in [1.165, 1.54) is 0 Å². The molecule has 1 aliphatic carbocycles. The summed E-state index contributed by atoms with van der Waals surface area (Å²) in [6.45, 7) is 5.27. The van der Waals surface area contributed by atoms with Crippen LogP contribution in [0.3, 0.4) is 0 Å². The van der Waals surface area contributed by atoms with Gasteiger partial charge in [0.05, 0.1) is 0 Å². The predicted octanol–water partition coefficient (Wildman–Crippen LogP) is 3.23. The molecular formula is C23H24N2O3. The van der Waals surface area contributed by atoms with Crippen molar-refractivity contribution in [3.8, 4) is 0 Å². The molecule has 28 heavy (non-hydrogen) atoms. The lowest BCUT2D eigenvalue weighted by atomic mass is 9.93. The van der Waals surface area contributed by atoms with E-state index < -0.39 is 11.6 Å². The number of likely N-dealkylation sites (tertiary alicyclic amines) is 1. The summed E-state index contributed by atoms with van der Waals surface area (Å²) in [4.78, 5) is 41.9. The summed E-state index contributed by atoms with van der Waals surface area (Å²) in [7, 11) is 0. The first kappa shape index (κ1) is 18.6. The molecule has 0 spiro atoms. The number of Topliss-reactive ketones (excluding diaryl/α,β-unsaturated/α-hetero) is 2. The number of ketones is 2. The van der Waals surface area contributed by atoms with Crippen LogP contribution < -0.4 is 5.32 Å². The molecule has 0 atom stereocenters. The van der Waals surface area contributed by atoms with Crippen LogP contribution in [0.2, 0.25) is 0 Å². The Morgan fingerprint density at radius 1 is 1.00 bits per heavy atom. The monoisotopic (exact) mass is 376 g/mol. The van der Waals surface area contributed by atoms with Crippen LogP contribution in [0.5, 0.6) is 0 Å². The second-order valence-electron chi connectivity index (χ2n) is 7.91. The van der Waals surface area contributed by atoms with Crippen molar-refractivity contribution in [2.45, 2.75) is 32.4 Å². The zero-order valence-corrected chi connectivity index (χ0v) is 16.2. The van der Waals surface area contributed by atoms with Crippen molar-refractivity contribution in [1.29, 1.82) is 0 Å². The normalized spacial score (nSPS) is 19.5. The van der Waals surface area contributed by atoms with E-state index in [-0.39, 0.29) is 11.6 Å². The number of amides is 1. The molecule has 0 radical (unpaired) electrons. The van der Waals surface area contributed by atoms with Gasteiger partial charge in [0, 0.05) is 29.8 Å². The predicted molar refractivity (Wildman–Crippen MR) is 106 cm³/mol. The first-order chi connectivity index (χ1) is 13.4. The van der Waals surface area contributed by atoms with Gasteiger partial charge in [0.1, 0.15) is 0 Å². The number of benzene rings is 2. The van der Waals surface area contributed by atoms with E-state index in [0.717, 1.165) is 18.4 Å². The van der Waals surface area contributed by atoms with Gasteiger partial charge in [0.25, 0.3) is 5.91 Å². The number of nitrogens with one attached hydrogen (secondary N) is 1. The highest BCUT2D eigenvalue weighted by Crippen LogP contribution is 2.35. The van der Waals surface area contributed by atoms with E-state index >= 15 is 0 Å². The molecular weight excluding hydrogens is 352 g/mol. The van der Waals surface area contributed by atoms with Crippen LogP contribution in [0.1, 0.15) is 56.4 Å². The zero-order valence-electron chi connectivity index (χ0n) is 16.2. The van der Waals surface area contributed by atoms with Crippen LogP contribution >= 0.6 is 0 Å². The molecule has 2 aromatic rings. The highest BCUT2D eigenvalue weighted by molar-refractivity contribution is 6.33. The Labute approximate surface area is 164 Å².